The predicted octanol–water partition coefficient (Wildman–Crippen LogP) is 6.31. The molecule has 0 bridgehead atoms. The smallest absolute Gasteiger partial charge is 0.354 e. The highest BCUT2D eigenvalue weighted by molar-refractivity contribution is 6.30. The van der Waals surface area contributed by atoms with Gasteiger partial charge in [0.15, 0.2) is 5.82 Å². The molecule has 0 radical (unpaired) electrons. The predicted molar refractivity (Wildman–Crippen MR) is 144 cm³/mol. The van der Waals surface area contributed by atoms with Crippen LogP contribution in [0.4, 0.5) is 30.9 Å². The Kier molecular flexibility index (Phi) is 8.16. The maximum absolute atomic E-state index is 13.5. The van der Waals surface area contributed by atoms with Gasteiger partial charge in [0.25, 0.3) is 0 Å². The van der Waals surface area contributed by atoms with Gasteiger partial charge in [-0.1, -0.05) is 43.7 Å². The lowest BCUT2D eigenvalue weighted by Gasteiger charge is -2.36. The largest absolute Gasteiger partial charge is 0.419 e. The fraction of sp³-hybridized carbons (Fsp3) is 0.481. The molecule has 0 spiro atoms. The average molecular weight is 546 g/mol. The summed E-state index contributed by atoms with van der Waals surface area (Å²) < 4.78 is 40.6. The van der Waals surface area contributed by atoms with E-state index in [1.807, 2.05) is 17.0 Å². The number of nitrogens with one attached hydrogen (secondary N) is 1. The SMILES string of the molecule is FC(F)(F)c1cccnc1N1CCN(c2nc(NCCC3CCCCC3)nc(-c3ccc(Cl)cc3)n2)CC1. The van der Waals surface area contributed by atoms with E-state index in [9.17, 15) is 13.2 Å². The van der Waals surface area contributed by atoms with Crippen molar-refractivity contribution in [2.75, 3.05) is 47.8 Å². The maximum atomic E-state index is 13.5. The first-order valence-corrected chi connectivity index (χ1v) is 13.5. The van der Waals surface area contributed by atoms with Crippen LogP contribution in [0, 0.1) is 5.92 Å². The van der Waals surface area contributed by atoms with E-state index in [0.29, 0.717) is 48.9 Å². The van der Waals surface area contributed by atoms with Crippen LogP contribution in [0.25, 0.3) is 11.4 Å². The second kappa shape index (κ2) is 11.7. The molecule has 2 fully saturated rings. The molecule has 2 aromatic heterocycles. The number of aromatic nitrogens is 4. The number of hydrogen-bond acceptors (Lipinski definition) is 7. The van der Waals surface area contributed by atoms with E-state index >= 15 is 0 Å². The summed E-state index contributed by atoms with van der Waals surface area (Å²) >= 11 is 6.08. The Morgan fingerprint density at radius 2 is 1.61 bits per heavy atom. The molecule has 0 amide bonds. The fourth-order valence-corrected chi connectivity index (χ4v) is 5.29. The highest BCUT2D eigenvalue weighted by atomic mass is 35.5. The Morgan fingerprint density at radius 3 is 2.32 bits per heavy atom. The first-order valence-electron chi connectivity index (χ1n) is 13.1. The van der Waals surface area contributed by atoms with Crippen LogP contribution in [0.3, 0.4) is 0 Å². The molecule has 11 heteroatoms. The van der Waals surface area contributed by atoms with Crippen LogP contribution in [0.2, 0.25) is 5.02 Å². The van der Waals surface area contributed by atoms with Crippen molar-refractivity contribution in [3.63, 3.8) is 0 Å². The molecule has 7 nitrogen and oxygen atoms in total. The molecule has 1 aliphatic carbocycles. The highest BCUT2D eigenvalue weighted by Gasteiger charge is 2.36. The van der Waals surface area contributed by atoms with Crippen LogP contribution in [-0.4, -0.2) is 52.7 Å². The number of rotatable bonds is 7. The Hall–Kier alpha value is -3.14. The third-order valence-electron chi connectivity index (χ3n) is 7.24. The molecule has 1 aliphatic heterocycles. The van der Waals surface area contributed by atoms with Gasteiger partial charge in [-0.15, -0.1) is 0 Å². The fourth-order valence-electron chi connectivity index (χ4n) is 5.17. The normalized spacial score (nSPS) is 17.1. The average Bonchev–Trinajstić information content (AvgIpc) is 2.93. The topological polar surface area (TPSA) is 70.1 Å². The summed E-state index contributed by atoms with van der Waals surface area (Å²) in [5, 5.41) is 4.01. The minimum absolute atomic E-state index is 0.0396. The molecule has 202 valence electrons. The summed E-state index contributed by atoms with van der Waals surface area (Å²) in [5.74, 6) is 2.22. The van der Waals surface area contributed by atoms with Crippen LogP contribution >= 0.6 is 11.6 Å². The van der Waals surface area contributed by atoms with E-state index in [1.54, 1.807) is 17.0 Å². The molecule has 3 aromatic rings. The monoisotopic (exact) mass is 545 g/mol. The van der Waals surface area contributed by atoms with Crippen molar-refractivity contribution in [3.8, 4) is 11.4 Å². The summed E-state index contributed by atoms with van der Waals surface area (Å²) in [6, 6.07) is 9.70. The van der Waals surface area contributed by atoms with E-state index in [1.165, 1.54) is 44.4 Å². The van der Waals surface area contributed by atoms with Gasteiger partial charge in [0.05, 0.1) is 5.56 Å². The third-order valence-corrected chi connectivity index (χ3v) is 7.49. The molecule has 5 rings (SSSR count). The second-order valence-corrected chi connectivity index (χ2v) is 10.3. The molecular weight excluding hydrogens is 515 g/mol. The van der Waals surface area contributed by atoms with Crippen LogP contribution in [-0.2, 0) is 6.18 Å². The van der Waals surface area contributed by atoms with E-state index < -0.39 is 11.7 Å². The summed E-state index contributed by atoms with van der Waals surface area (Å²) in [4.78, 5) is 21.8. The van der Waals surface area contributed by atoms with Gasteiger partial charge in [-0.2, -0.15) is 28.1 Å². The Bertz CT molecular complexity index is 1210. The molecule has 1 aromatic carbocycles. The quantitative estimate of drug-likeness (QED) is 0.373. The second-order valence-electron chi connectivity index (χ2n) is 9.86. The van der Waals surface area contributed by atoms with Crippen LogP contribution < -0.4 is 15.1 Å². The maximum Gasteiger partial charge on any atom is 0.419 e. The van der Waals surface area contributed by atoms with Crippen LogP contribution in [0.1, 0.15) is 44.1 Å². The summed E-state index contributed by atoms with van der Waals surface area (Å²) in [6.45, 7) is 2.43. The molecular formula is C27H31ClF3N7. The van der Waals surface area contributed by atoms with Gasteiger partial charge >= 0.3 is 6.18 Å². The Morgan fingerprint density at radius 1 is 0.895 bits per heavy atom. The van der Waals surface area contributed by atoms with Gasteiger partial charge in [-0.05, 0) is 48.7 Å². The summed E-state index contributed by atoms with van der Waals surface area (Å²) in [6.07, 6.45) is 4.49. The van der Waals surface area contributed by atoms with Crippen molar-refractivity contribution in [3.05, 3.63) is 53.2 Å². The molecule has 0 unspecified atom stereocenters. The number of pyridine rings is 1. The minimum atomic E-state index is -4.46. The number of anilines is 3. The molecule has 2 aliphatic rings. The molecule has 38 heavy (non-hydrogen) atoms. The number of hydrogen-bond donors (Lipinski definition) is 1. The molecule has 1 N–H and O–H groups in total. The van der Waals surface area contributed by atoms with Gasteiger partial charge in [0.2, 0.25) is 11.9 Å². The summed E-state index contributed by atoms with van der Waals surface area (Å²) in [7, 11) is 0. The van der Waals surface area contributed by atoms with Crippen molar-refractivity contribution >= 4 is 29.3 Å². The number of piperazine rings is 1. The van der Waals surface area contributed by atoms with E-state index in [0.717, 1.165) is 30.5 Å². The van der Waals surface area contributed by atoms with Gasteiger partial charge in [-0.25, -0.2) is 4.98 Å². The number of nitrogens with zero attached hydrogens (tertiary/aromatic N) is 6. The first-order chi connectivity index (χ1) is 18.4. The first kappa shape index (κ1) is 26.5. The molecule has 0 atom stereocenters. The zero-order chi connectivity index (χ0) is 26.5. The van der Waals surface area contributed by atoms with Crippen molar-refractivity contribution in [1.82, 2.24) is 19.9 Å². The van der Waals surface area contributed by atoms with Crippen molar-refractivity contribution in [2.45, 2.75) is 44.7 Å². The van der Waals surface area contributed by atoms with Gasteiger partial charge < -0.3 is 15.1 Å². The third kappa shape index (κ3) is 6.46. The minimum Gasteiger partial charge on any atom is -0.354 e. The van der Waals surface area contributed by atoms with Gasteiger partial charge in [-0.3, -0.25) is 0 Å². The van der Waals surface area contributed by atoms with E-state index in [2.05, 4.69) is 20.3 Å². The lowest BCUT2D eigenvalue weighted by Crippen LogP contribution is -2.48. The lowest BCUT2D eigenvalue weighted by atomic mass is 9.87. The molecule has 3 heterocycles. The van der Waals surface area contributed by atoms with E-state index in [-0.39, 0.29) is 5.82 Å². The van der Waals surface area contributed by atoms with Crippen LogP contribution in [0.15, 0.2) is 42.6 Å². The van der Waals surface area contributed by atoms with Gasteiger partial charge in [0, 0.05) is 49.5 Å². The standard InChI is InChI=1S/C27H31ClF3N7/c28-21-10-8-20(9-11-21)23-34-25(33-14-12-19-5-2-1-3-6-19)36-26(35-23)38-17-15-37(16-18-38)24-22(27(29,30)31)7-4-13-32-24/h4,7-11,13,19H,1-3,5-6,12,14-18H2,(H,33,34,35,36). The molecule has 1 saturated carbocycles. The van der Waals surface area contributed by atoms with E-state index in [4.69, 9.17) is 16.6 Å². The van der Waals surface area contributed by atoms with Crippen molar-refractivity contribution in [2.24, 2.45) is 5.92 Å². The molecule has 1 saturated heterocycles. The Labute approximate surface area is 225 Å². The van der Waals surface area contributed by atoms with Crippen molar-refractivity contribution < 1.29 is 13.2 Å². The number of alkyl halides is 3. The van der Waals surface area contributed by atoms with Crippen LogP contribution in [0.5, 0.6) is 0 Å². The number of halogens is 4. The summed E-state index contributed by atoms with van der Waals surface area (Å²) in [5.41, 5.74) is 0.0957. The highest BCUT2D eigenvalue weighted by Crippen LogP contribution is 2.35. The number of benzene rings is 1. The lowest BCUT2D eigenvalue weighted by molar-refractivity contribution is -0.137. The Balaban J connectivity index is 1.33. The zero-order valence-corrected chi connectivity index (χ0v) is 21.8. The van der Waals surface area contributed by atoms with Crippen molar-refractivity contribution in [1.29, 1.82) is 0 Å². The zero-order valence-electron chi connectivity index (χ0n) is 21.1. The van der Waals surface area contributed by atoms with Gasteiger partial charge in [0.1, 0.15) is 5.82 Å².